The van der Waals surface area contributed by atoms with E-state index in [1.807, 2.05) is 0 Å². The number of hydrogen-bond acceptors (Lipinski definition) is 4. The number of esters is 1. The first-order valence-electron chi connectivity index (χ1n) is 6.40. The van der Waals surface area contributed by atoms with E-state index in [-0.39, 0.29) is 29.6 Å². The topological polar surface area (TPSA) is 59.3 Å². The molecule has 1 aliphatic rings. The molecule has 0 aromatic rings. The van der Waals surface area contributed by atoms with Crippen molar-refractivity contribution in [2.75, 3.05) is 0 Å². The molecule has 5 heteroatoms. The van der Waals surface area contributed by atoms with Gasteiger partial charge in [0.05, 0.1) is 25.0 Å². The zero-order valence-corrected chi connectivity index (χ0v) is 12.9. The third-order valence-corrected chi connectivity index (χ3v) is 8.34. The smallest absolute Gasteiger partial charge is 0.308 e. The molecular weight excluding hydrogens is 246 g/mol. The molecule has 1 saturated heterocycles. The number of ether oxygens (including phenoxy) is 1. The van der Waals surface area contributed by atoms with Crippen LogP contribution in [0.15, 0.2) is 0 Å². The third kappa shape index (κ3) is 3.82. The molecule has 0 aromatic carbocycles. The summed E-state index contributed by atoms with van der Waals surface area (Å²) in [6.45, 7) is 10.9. The molecular formula is C13H23NO3Si. The van der Waals surface area contributed by atoms with E-state index in [1.165, 1.54) is 0 Å². The van der Waals surface area contributed by atoms with E-state index in [2.05, 4.69) is 39.9 Å². The van der Waals surface area contributed by atoms with E-state index >= 15 is 0 Å². The summed E-state index contributed by atoms with van der Waals surface area (Å²) in [5.74, 6) is -0.245. The number of hydrogen-bond donors (Lipinski definition) is 0. The number of carbonyl (C=O) groups is 1. The van der Waals surface area contributed by atoms with Crippen LogP contribution in [0, 0.1) is 11.3 Å². The molecule has 102 valence electrons. The van der Waals surface area contributed by atoms with E-state index in [1.54, 1.807) is 0 Å². The van der Waals surface area contributed by atoms with E-state index in [4.69, 9.17) is 14.4 Å². The van der Waals surface area contributed by atoms with Crippen molar-refractivity contribution in [3.05, 3.63) is 0 Å². The molecule has 18 heavy (non-hydrogen) atoms. The molecule has 1 heterocycles. The van der Waals surface area contributed by atoms with Gasteiger partial charge in [-0.25, -0.2) is 0 Å². The average molecular weight is 269 g/mol. The van der Waals surface area contributed by atoms with Crippen LogP contribution < -0.4 is 0 Å². The maximum absolute atomic E-state index is 11.5. The van der Waals surface area contributed by atoms with E-state index in [0.717, 1.165) is 0 Å². The minimum absolute atomic E-state index is 0.0921. The molecule has 2 unspecified atom stereocenters. The normalized spacial score (nSPS) is 25.4. The van der Waals surface area contributed by atoms with Crippen molar-refractivity contribution in [3.8, 4) is 6.07 Å². The van der Waals surface area contributed by atoms with Gasteiger partial charge in [-0.2, -0.15) is 5.26 Å². The first-order chi connectivity index (χ1) is 8.15. The lowest BCUT2D eigenvalue weighted by Gasteiger charge is -2.41. The van der Waals surface area contributed by atoms with Gasteiger partial charge >= 0.3 is 5.97 Å². The minimum Gasteiger partial charge on any atom is -0.461 e. The fourth-order valence-corrected chi connectivity index (χ4v) is 3.12. The Bertz CT molecular complexity index is 354. The Morgan fingerprint density at radius 3 is 2.61 bits per heavy atom. The zero-order chi connectivity index (χ0) is 14.0. The largest absolute Gasteiger partial charge is 0.461 e. The standard InChI is InChI=1S/C13H23NO3Si/c1-13(2,3)18(4,5)17-11-8-10(6-7-14)16-12(15)9-11/h10-11H,6,8-9H2,1-5H3. The first kappa shape index (κ1) is 15.2. The Morgan fingerprint density at radius 1 is 1.50 bits per heavy atom. The molecule has 0 aromatic heterocycles. The Labute approximate surface area is 110 Å². The first-order valence-corrected chi connectivity index (χ1v) is 9.31. The Kier molecular flexibility index (Phi) is 4.57. The van der Waals surface area contributed by atoms with Crippen LogP contribution in [0.1, 0.15) is 40.0 Å². The van der Waals surface area contributed by atoms with Crippen molar-refractivity contribution in [2.24, 2.45) is 0 Å². The highest BCUT2D eigenvalue weighted by molar-refractivity contribution is 6.74. The summed E-state index contributed by atoms with van der Waals surface area (Å²) in [4.78, 5) is 11.5. The zero-order valence-electron chi connectivity index (χ0n) is 11.9. The minimum atomic E-state index is -1.87. The van der Waals surface area contributed by atoms with Crippen molar-refractivity contribution in [3.63, 3.8) is 0 Å². The van der Waals surface area contributed by atoms with Gasteiger partial charge in [0.25, 0.3) is 0 Å². The molecule has 0 saturated carbocycles. The SMILES string of the molecule is CC(C)(C)[Si](C)(C)OC1CC(=O)OC(CC#N)C1. The Hall–Kier alpha value is -0.863. The molecule has 4 nitrogen and oxygen atoms in total. The van der Waals surface area contributed by atoms with Crippen LogP contribution in [0.25, 0.3) is 0 Å². The van der Waals surface area contributed by atoms with Crippen LogP contribution in [0.4, 0.5) is 0 Å². The summed E-state index contributed by atoms with van der Waals surface area (Å²) in [6, 6.07) is 2.05. The van der Waals surface area contributed by atoms with E-state index < -0.39 is 8.32 Å². The predicted molar refractivity (Wildman–Crippen MR) is 71.4 cm³/mol. The van der Waals surface area contributed by atoms with E-state index in [9.17, 15) is 4.79 Å². The van der Waals surface area contributed by atoms with Crippen LogP contribution in [-0.2, 0) is 14.0 Å². The second kappa shape index (κ2) is 5.41. The van der Waals surface area contributed by atoms with Gasteiger partial charge in [0.1, 0.15) is 6.10 Å². The molecule has 1 aliphatic heterocycles. The van der Waals surface area contributed by atoms with Gasteiger partial charge in [0.15, 0.2) is 8.32 Å². The highest BCUT2D eigenvalue weighted by Gasteiger charge is 2.41. The monoisotopic (exact) mass is 269 g/mol. The van der Waals surface area contributed by atoms with Crippen LogP contribution in [-0.4, -0.2) is 26.5 Å². The molecule has 0 N–H and O–H groups in total. The highest BCUT2D eigenvalue weighted by atomic mass is 28.4. The number of nitriles is 1. The third-order valence-electron chi connectivity index (χ3n) is 3.80. The molecule has 0 spiro atoms. The Morgan fingerprint density at radius 2 is 2.11 bits per heavy atom. The van der Waals surface area contributed by atoms with Gasteiger partial charge < -0.3 is 9.16 Å². The fraction of sp³-hybridized carbons (Fsp3) is 0.846. The lowest BCUT2D eigenvalue weighted by molar-refractivity contribution is -0.158. The highest BCUT2D eigenvalue weighted by Crippen LogP contribution is 2.38. The van der Waals surface area contributed by atoms with Crippen LogP contribution in [0.2, 0.25) is 18.1 Å². The fourth-order valence-electron chi connectivity index (χ4n) is 1.75. The lowest BCUT2D eigenvalue weighted by Crippen LogP contribution is -2.47. The van der Waals surface area contributed by atoms with Crippen molar-refractivity contribution in [1.29, 1.82) is 5.26 Å². The second-order valence-corrected chi connectivity index (χ2v) is 11.2. The maximum atomic E-state index is 11.5. The van der Waals surface area contributed by atoms with Crippen molar-refractivity contribution < 1.29 is 14.0 Å². The number of cyclic esters (lactones) is 1. The van der Waals surface area contributed by atoms with Crippen LogP contribution >= 0.6 is 0 Å². The van der Waals surface area contributed by atoms with Crippen LogP contribution in [0.3, 0.4) is 0 Å². The van der Waals surface area contributed by atoms with Gasteiger partial charge in [0, 0.05) is 6.42 Å². The van der Waals surface area contributed by atoms with Gasteiger partial charge in [-0.3, -0.25) is 4.79 Å². The number of rotatable bonds is 3. The molecule has 1 rings (SSSR count). The summed E-state index contributed by atoms with van der Waals surface area (Å²) < 4.78 is 11.3. The van der Waals surface area contributed by atoms with Crippen LogP contribution in [0.5, 0.6) is 0 Å². The second-order valence-electron chi connectivity index (χ2n) is 6.41. The maximum Gasteiger partial charge on any atom is 0.308 e. The summed E-state index contributed by atoms with van der Waals surface area (Å²) in [5, 5.41) is 8.80. The van der Waals surface area contributed by atoms with Gasteiger partial charge in [-0.1, -0.05) is 20.8 Å². The van der Waals surface area contributed by atoms with Crippen molar-refractivity contribution in [2.45, 2.75) is 70.4 Å². The predicted octanol–water partition coefficient (Wildman–Crippen LogP) is 3.00. The van der Waals surface area contributed by atoms with Gasteiger partial charge in [-0.05, 0) is 18.1 Å². The average Bonchev–Trinajstić information content (AvgIpc) is 2.13. The van der Waals surface area contributed by atoms with Crippen molar-refractivity contribution >= 4 is 14.3 Å². The molecule has 1 fully saturated rings. The summed E-state index contributed by atoms with van der Waals surface area (Å²) in [6.07, 6.45) is 0.820. The summed E-state index contributed by atoms with van der Waals surface area (Å²) in [7, 11) is -1.87. The quantitative estimate of drug-likeness (QED) is 0.584. The summed E-state index contributed by atoms with van der Waals surface area (Å²) >= 11 is 0. The summed E-state index contributed by atoms with van der Waals surface area (Å²) in [5.41, 5.74) is 0. The van der Waals surface area contributed by atoms with Gasteiger partial charge in [0.2, 0.25) is 0 Å². The lowest BCUT2D eigenvalue weighted by atomic mass is 10.0. The number of carbonyl (C=O) groups excluding carboxylic acids is 1. The Balaban J connectivity index is 2.67. The number of nitrogens with zero attached hydrogens (tertiary/aromatic N) is 1. The van der Waals surface area contributed by atoms with Crippen molar-refractivity contribution in [1.82, 2.24) is 0 Å². The molecule has 2 atom stereocenters. The molecule has 0 radical (unpaired) electrons. The van der Waals surface area contributed by atoms with Gasteiger partial charge in [-0.15, -0.1) is 0 Å². The molecule has 0 bridgehead atoms. The molecule has 0 amide bonds. The van der Waals surface area contributed by atoms with E-state index in [0.29, 0.717) is 12.8 Å². The molecule has 0 aliphatic carbocycles.